The van der Waals surface area contributed by atoms with E-state index in [0.29, 0.717) is 23.0 Å². The predicted octanol–water partition coefficient (Wildman–Crippen LogP) is 6.75. The Labute approximate surface area is 182 Å². The van der Waals surface area contributed by atoms with E-state index in [4.69, 9.17) is 9.47 Å². The van der Waals surface area contributed by atoms with Gasteiger partial charge in [0, 0.05) is 24.3 Å². The van der Waals surface area contributed by atoms with Gasteiger partial charge in [-0.15, -0.1) is 0 Å². The fourth-order valence-electron chi connectivity index (χ4n) is 3.01. The number of rotatable bonds is 7. The molecule has 0 amide bonds. The maximum absolute atomic E-state index is 10.9. The summed E-state index contributed by atoms with van der Waals surface area (Å²) >= 11 is 0. The summed E-state index contributed by atoms with van der Waals surface area (Å²) in [6.45, 7) is 0. The first-order valence-corrected chi connectivity index (χ1v) is 9.54. The summed E-state index contributed by atoms with van der Waals surface area (Å²) in [5.74, 6) is 1.57. The fourth-order valence-corrected chi connectivity index (χ4v) is 3.01. The van der Waals surface area contributed by atoms with Gasteiger partial charge in [-0.3, -0.25) is 20.2 Å². The van der Waals surface area contributed by atoms with Crippen LogP contribution < -0.4 is 9.47 Å². The van der Waals surface area contributed by atoms with Gasteiger partial charge in [0.15, 0.2) is 11.5 Å². The zero-order chi connectivity index (χ0) is 22.5. The first kappa shape index (κ1) is 20.5. The van der Waals surface area contributed by atoms with Crippen molar-refractivity contribution in [2.75, 3.05) is 0 Å². The molecule has 0 aliphatic carbocycles. The summed E-state index contributed by atoms with van der Waals surface area (Å²) in [4.78, 5) is 20.8. The third-order valence-electron chi connectivity index (χ3n) is 4.60. The minimum Gasteiger partial charge on any atom is -0.453 e. The van der Waals surface area contributed by atoms with Crippen LogP contribution in [0.5, 0.6) is 23.0 Å². The van der Waals surface area contributed by atoms with Crippen molar-refractivity contribution in [3.63, 3.8) is 0 Å². The molecule has 8 nitrogen and oxygen atoms in total. The largest absolute Gasteiger partial charge is 0.453 e. The summed E-state index contributed by atoms with van der Waals surface area (Å²) in [5, 5.41) is 21.8. The second-order valence-electron chi connectivity index (χ2n) is 6.73. The van der Waals surface area contributed by atoms with Gasteiger partial charge < -0.3 is 9.47 Å². The van der Waals surface area contributed by atoms with E-state index in [1.54, 1.807) is 12.1 Å². The van der Waals surface area contributed by atoms with E-state index in [0.717, 1.165) is 11.1 Å². The SMILES string of the molecule is O=[N+]([O-])c1ccc(Oc2ccc(-c3ccccc3)cc2Oc2ccc([N+](=O)[O-])cc2)cc1. The van der Waals surface area contributed by atoms with E-state index in [9.17, 15) is 20.2 Å². The molecule has 0 saturated heterocycles. The standard InChI is InChI=1S/C24H16N2O6/c27-25(28)19-7-11-21(12-8-19)31-23-15-6-18(17-4-2-1-3-5-17)16-24(23)32-22-13-9-20(10-14-22)26(29)30/h1-16H. The molecule has 0 saturated carbocycles. The van der Waals surface area contributed by atoms with E-state index in [-0.39, 0.29) is 11.4 Å². The lowest BCUT2D eigenvalue weighted by molar-refractivity contribution is -0.385. The molecule has 158 valence electrons. The van der Waals surface area contributed by atoms with Gasteiger partial charge in [0.2, 0.25) is 0 Å². The third-order valence-corrected chi connectivity index (χ3v) is 4.60. The van der Waals surface area contributed by atoms with Gasteiger partial charge in [0.05, 0.1) is 9.85 Å². The van der Waals surface area contributed by atoms with Crippen LogP contribution in [0.4, 0.5) is 11.4 Å². The number of nitro groups is 2. The van der Waals surface area contributed by atoms with Gasteiger partial charge in [-0.2, -0.15) is 0 Å². The van der Waals surface area contributed by atoms with Crippen LogP contribution in [-0.4, -0.2) is 9.85 Å². The summed E-state index contributed by atoms with van der Waals surface area (Å²) in [5.41, 5.74) is 1.78. The van der Waals surface area contributed by atoms with Gasteiger partial charge in [-0.1, -0.05) is 36.4 Å². The van der Waals surface area contributed by atoms with Gasteiger partial charge in [-0.25, -0.2) is 0 Å². The predicted molar refractivity (Wildman–Crippen MR) is 118 cm³/mol. The zero-order valence-electron chi connectivity index (χ0n) is 16.6. The number of hydrogen-bond acceptors (Lipinski definition) is 6. The maximum atomic E-state index is 10.9. The second kappa shape index (κ2) is 8.97. The number of benzene rings is 4. The molecule has 0 aliphatic rings. The van der Waals surface area contributed by atoms with Crippen LogP contribution in [0.15, 0.2) is 97.1 Å². The Bertz CT molecular complexity index is 1260. The van der Waals surface area contributed by atoms with Crippen LogP contribution in [0.3, 0.4) is 0 Å². The van der Waals surface area contributed by atoms with Crippen LogP contribution in [0.1, 0.15) is 0 Å². The molecule has 32 heavy (non-hydrogen) atoms. The molecule has 8 heteroatoms. The number of hydrogen-bond donors (Lipinski definition) is 0. The van der Waals surface area contributed by atoms with Gasteiger partial charge in [0.1, 0.15) is 11.5 Å². The summed E-state index contributed by atoms with van der Waals surface area (Å²) in [7, 11) is 0. The van der Waals surface area contributed by atoms with Crippen LogP contribution in [0, 0.1) is 20.2 Å². The molecule has 0 atom stereocenters. The molecule has 4 aromatic carbocycles. The van der Waals surface area contributed by atoms with Gasteiger partial charge in [0.25, 0.3) is 11.4 Å². The van der Waals surface area contributed by atoms with E-state index < -0.39 is 9.85 Å². The average molecular weight is 428 g/mol. The molecule has 0 unspecified atom stereocenters. The molecular formula is C24H16N2O6. The monoisotopic (exact) mass is 428 g/mol. The first-order chi connectivity index (χ1) is 15.5. The Hall–Kier alpha value is -4.72. The number of nitrogens with zero attached hydrogens (tertiary/aromatic N) is 2. The second-order valence-corrected chi connectivity index (χ2v) is 6.73. The Morgan fingerprint density at radius 2 is 1.03 bits per heavy atom. The number of ether oxygens (including phenoxy) is 2. The summed E-state index contributed by atoms with van der Waals surface area (Å²) < 4.78 is 11.9. The van der Waals surface area contributed by atoms with Crippen molar-refractivity contribution in [2.45, 2.75) is 0 Å². The molecule has 0 radical (unpaired) electrons. The van der Waals surface area contributed by atoms with Gasteiger partial charge >= 0.3 is 0 Å². The van der Waals surface area contributed by atoms with Crippen LogP contribution in [0.2, 0.25) is 0 Å². The zero-order valence-corrected chi connectivity index (χ0v) is 16.6. The van der Waals surface area contributed by atoms with E-state index in [1.807, 2.05) is 36.4 Å². The van der Waals surface area contributed by atoms with Crippen LogP contribution in [-0.2, 0) is 0 Å². The smallest absolute Gasteiger partial charge is 0.269 e. The normalized spacial score (nSPS) is 10.4. The highest BCUT2D eigenvalue weighted by atomic mass is 16.6. The lowest BCUT2D eigenvalue weighted by Crippen LogP contribution is -1.93. The molecule has 0 heterocycles. The summed E-state index contributed by atoms with van der Waals surface area (Å²) in [6, 6.07) is 26.5. The minimum absolute atomic E-state index is 0.0425. The Balaban J connectivity index is 1.68. The highest BCUT2D eigenvalue weighted by Gasteiger charge is 2.13. The Morgan fingerprint density at radius 1 is 0.531 bits per heavy atom. The highest BCUT2D eigenvalue weighted by molar-refractivity contribution is 5.67. The van der Waals surface area contributed by atoms with Gasteiger partial charge in [-0.05, 0) is 47.5 Å². The molecular weight excluding hydrogens is 412 g/mol. The molecule has 0 aliphatic heterocycles. The lowest BCUT2D eigenvalue weighted by atomic mass is 10.1. The van der Waals surface area contributed by atoms with Crippen molar-refractivity contribution < 1.29 is 19.3 Å². The maximum Gasteiger partial charge on any atom is 0.269 e. The molecule has 4 aromatic rings. The molecule has 0 spiro atoms. The van der Waals surface area contributed by atoms with Crippen molar-refractivity contribution in [3.05, 3.63) is 117 Å². The number of non-ortho nitro benzene ring substituents is 2. The average Bonchev–Trinajstić information content (AvgIpc) is 2.81. The van der Waals surface area contributed by atoms with E-state index in [2.05, 4.69) is 0 Å². The van der Waals surface area contributed by atoms with E-state index in [1.165, 1.54) is 48.5 Å². The topological polar surface area (TPSA) is 105 Å². The lowest BCUT2D eigenvalue weighted by Gasteiger charge is -2.14. The quantitative estimate of drug-likeness (QED) is 0.238. The van der Waals surface area contributed by atoms with E-state index >= 15 is 0 Å². The fraction of sp³-hybridized carbons (Fsp3) is 0. The van der Waals surface area contributed by atoms with Crippen molar-refractivity contribution in [1.82, 2.24) is 0 Å². The molecule has 0 bridgehead atoms. The van der Waals surface area contributed by atoms with Crippen molar-refractivity contribution in [2.24, 2.45) is 0 Å². The Kier molecular flexibility index (Phi) is 5.76. The highest BCUT2D eigenvalue weighted by Crippen LogP contribution is 2.38. The molecule has 0 aromatic heterocycles. The van der Waals surface area contributed by atoms with Crippen molar-refractivity contribution >= 4 is 11.4 Å². The minimum atomic E-state index is -0.485. The van der Waals surface area contributed by atoms with Crippen LogP contribution in [0.25, 0.3) is 11.1 Å². The third kappa shape index (κ3) is 4.71. The molecule has 4 rings (SSSR count). The molecule has 0 fully saturated rings. The Morgan fingerprint density at radius 3 is 1.53 bits per heavy atom. The van der Waals surface area contributed by atoms with Crippen molar-refractivity contribution in [1.29, 1.82) is 0 Å². The first-order valence-electron chi connectivity index (χ1n) is 9.54. The van der Waals surface area contributed by atoms with Crippen molar-refractivity contribution in [3.8, 4) is 34.1 Å². The molecule has 0 N–H and O–H groups in total. The van der Waals surface area contributed by atoms with Crippen LogP contribution >= 0.6 is 0 Å². The number of nitro benzene ring substituents is 2. The summed E-state index contributed by atoms with van der Waals surface area (Å²) in [6.07, 6.45) is 0.